The highest BCUT2D eigenvalue weighted by Crippen LogP contribution is 2.58. The summed E-state index contributed by atoms with van der Waals surface area (Å²) in [4.78, 5) is 3.93. The molecule has 130 valence electrons. The van der Waals surface area contributed by atoms with Gasteiger partial charge in [-0.2, -0.15) is 5.10 Å². The average Bonchev–Trinajstić information content (AvgIpc) is 3.02. The minimum absolute atomic E-state index is 0.173. The molecule has 1 fully saturated rings. The third-order valence-electron chi connectivity index (χ3n) is 4.83. The summed E-state index contributed by atoms with van der Waals surface area (Å²) in [6.45, 7) is 0.173. The van der Waals surface area contributed by atoms with Crippen LogP contribution in [-0.4, -0.2) is 42.1 Å². The Morgan fingerprint density at radius 1 is 1.28 bits per heavy atom. The second-order valence-electron chi connectivity index (χ2n) is 6.03. The maximum absolute atomic E-state index is 14.7. The maximum atomic E-state index is 14.7. The second kappa shape index (κ2) is 5.66. The van der Waals surface area contributed by atoms with Gasteiger partial charge in [-0.25, -0.2) is 23.1 Å². The van der Waals surface area contributed by atoms with Gasteiger partial charge in [-0.15, -0.1) is 5.10 Å². The molecule has 25 heavy (non-hydrogen) atoms. The molecule has 0 N–H and O–H groups in total. The zero-order valence-corrected chi connectivity index (χ0v) is 13.4. The van der Waals surface area contributed by atoms with Crippen molar-refractivity contribution in [2.45, 2.75) is 30.5 Å². The predicted octanol–water partition coefficient (Wildman–Crippen LogP) is 1.27. The van der Waals surface area contributed by atoms with E-state index in [1.807, 2.05) is 0 Å². The molecule has 0 bridgehead atoms. The molecule has 0 saturated heterocycles. The Kier molecular flexibility index (Phi) is 3.57. The summed E-state index contributed by atoms with van der Waals surface area (Å²) in [6, 6.07) is 3.46. The summed E-state index contributed by atoms with van der Waals surface area (Å²) < 4.78 is 37.2. The molecule has 4 rings (SSSR count). The monoisotopic (exact) mass is 347 g/mol. The van der Waals surface area contributed by atoms with Crippen molar-refractivity contribution >= 4 is 0 Å². The van der Waals surface area contributed by atoms with Crippen LogP contribution in [0.1, 0.15) is 18.4 Å². The quantitative estimate of drug-likeness (QED) is 0.668. The number of ether oxygens (including phenoxy) is 1. The van der Waals surface area contributed by atoms with Crippen LogP contribution in [0.2, 0.25) is 0 Å². The fourth-order valence-electron chi connectivity index (χ4n) is 3.50. The van der Waals surface area contributed by atoms with Gasteiger partial charge in [0.05, 0.1) is 6.54 Å². The van der Waals surface area contributed by atoms with Gasteiger partial charge < -0.3 is 4.74 Å². The molecule has 1 aliphatic rings. The number of halogens is 2. The average molecular weight is 347 g/mol. The van der Waals surface area contributed by atoms with Gasteiger partial charge in [0.1, 0.15) is 41.8 Å². The normalized spacial score (nSPS) is 18.0. The van der Waals surface area contributed by atoms with Gasteiger partial charge in [0.15, 0.2) is 0 Å². The molecular formula is C15H15F2N7O. The fourth-order valence-corrected chi connectivity index (χ4v) is 3.50. The van der Waals surface area contributed by atoms with Crippen molar-refractivity contribution in [3.63, 3.8) is 0 Å². The van der Waals surface area contributed by atoms with Crippen LogP contribution in [0.4, 0.5) is 8.78 Å². The van der Waals surface area contributed by atoms with E-state index in [9.17, 15) is 8.78 Å². The van der Waals surface area contributed by atoms with Crippen LogP contribution < -0.4 is 0 Å². The molecule has 2 heterocycles. The van der Waals surface area contributed by atoms with E-state index in [0.29, 0.717) is 12.8 Å². The van der Waals surface area contributed by atoms with E-state index in [1.54, 1.807) is 9.36 Å². The standard InChI is InChI=1S/C15H15F2N7O/c1-25-15(7-23-9-18-8-20-23,12-3-2-11(16)6-13(12)17)14(4-5-14)24-10-19-21-22-24/h2-3,6,8-10H,4-5,7H2,1H3. The third kappa shape index (κ3) is 2.32. The van der Waals surface area contributed by atoms with E-state index in [2.05, 4.69) is 25.6 Å². The number of hydrogen-bond acceptors (Lipinski definition) is 6. The first kappa shape index (κ1) is 15.8. The summed E-state index contributed by atoms with van der Waals surface area (Å²) in [6.07, 6.45) is 5.74. The van der Waals surface area contributed by atoms with Gasteiger partial charge >= 0.3 is 0 Å². The highest BCUT2D eigenvalue weighted by molar-refractivity contribution is 5.32. The van der Waals surface area contributed by atoms with Crippen molar-refractivity contribution in [3.05, 3.63) is 54.4 Å². The van der Waals surface area contributed by atoms with Crippen LogP contribution in [0.15, 0.2) is 37.2 Å². The highest BCUT2D eigenvalue weighted by atomic mass is 19.1. The zero-order valence-electron chi connectivity index (χ0n) is 13.4. The Hall–Kier alpha value is -2.75. The Balaban J connectivity index is 1.91. The molecule has 1 aromatic carbocycles. The van der Waals surface area contributed by atoms with Gasteiger partial charge in [0.2, 0.25) is 0 Å². The molecule has 3 aromatic rings. The number of nitrogens with zero attached hydrogens (tertiary/aromatic N) is 7. The summed E-state index contributed by atoms with van der Waals surface area (Å²) in [7, 11) is 1.49. The largest absolute Gasteiger partial charge is 0.369 e. The van der Waals surface area contributed by atoms with Crippen molar-refractivity contribution in [1.82, 2.24) is 35.0 Å². The zero-order chi connectivity index (χ0) is 17.5. The maximum Gasteiger partial charge on any atom is 0.140 e. The Morgan fingerprint density at radius 3 is 2.68 bits per heavy atom. The smallest absolute Gasteiger partial charge is 0.140 e. The van der Waals surface area contributed by atoms with Crippen LogP contribution in [0.5, 0.6) is 0 Å². The molecule has 0 aliphatic heterocycles. The Bertz CT molecular complexity index is 864. The van der Waals surface area contributed by atoms with E-state index in [0.717, 1.165) is 6.07 Å². The van der Waals surface area contributed by atoms with Crippen LogP contribution in [0.3, 0.4) is 0 Å². The molecule has 0 radical (unpaired) electrons. The number of methoxy groups -OCH3 is 1. The topological polar surface area (TPSA) is 83.5 Å². The van der Waals surface area contributed by atoms with Crippen molar-refractivity contribution in [1.29, 1.82) is 0 Å². The molecule has 8 nitrogen and oxygen atoms in total. The number of rotatable bonds is 6. The third-order valence-corrected chi connectivity index (χ3v) is 4.83. The van der Waals surface area contributed by atoms with Crippen LogP contribution in [0, 0.1) is 11.6 Å². The van der Waals surface area contributed by atoms with Crippen molar-refractivity contribution in [3.8, 4) is 0 Å². The number of benzene rings is 1. The molecule has 1 saturated carbocycles. The number of hydrogen-bond donors (Lipinski definition) is 0. The molecule has 1 unspecified atom stereocenters. The minimum Gasteiger partial charge on any atom is -0.369 e. The molecule has 0 spiro atoms. The summed E-state index contributed by atoms with van der Waals surface area (Å²) in [5.41, 5.74) is -1.66. The summed E-state index contributed by atoms with van der Waals surface area (Å²) in [5, 5.41) is 15.5. The Morgan fingerprint density at radius 2 is 2.12 bits per heavy atom. The highest BCUT2D eigenvalue weighted by Gasteiger charge is 2.64. The molecule has 2 aromatic heterocycles. The Labute approximate surface area is 141 Å². The van der Waals surface area contributed by atoms with Gasteiger partial charge in [0.25, 0.3) is 0 Å². The lowest BCUT2D eigenvalue weighted by atomic mass is 9.83. The van der Waals surface area contributed by atoms with E-state index in [-0.39, 0.29) is 12.1 Å². The fraction of sp³-hybridized carbons (Fsp3) is 0.400. The van der Waals surface area contributed by atoms with Crippen molar-refractivity contribution in [2.75, 3.05) is 7.11 Å². The molecule has 0 amide bonds. The first-order valence-electron chi connectivity index (χ1n) is 7.68. The van der Waals surface area contributed by atoms with Crippen molar-refractivity contribution in [2.24, 2.45) is 0 Å². The van der Waals surface area contributed by atoms with E-state index in [4.69, 9.17) is 4.74 Å². The van der Waals surface area contributed by atoms with Gasteiger partial charge in [-0.3, -0.25) is 0 Å². The lowest BCUT2D eigenvalue weighted by Gasteiger charge is -2.40. The molecule has 1 aliphatic carbocycles. The molecular weight excluding hydrogens is 332 g/mol. The molecule has 10 heteroatoms. The van der Waals surface area contributed by atoms with Crippen LogP contribution in [-0.2, 0) is 22.4 Å². The lowest BCUT2D eigenvalue weighted by molar-refractivity contribution is -0.0932. The molecule has 1 atom stereocenters. The van der Waals surface area contributed by atoms with Gasteiger partial charge in [0, 0.05) is 18.7 Å². The second-order valence-corrected chi connectivity index (χ2v) is 6.03. The van der Waals surface area contributed by atoms with Crippen LogP contribution in [0.25, 0.3) is 0 Å². The number of aromatic nitrogens is 7. The van der Waals surface area contributed by atoms with E-state index in [1.165, 1.54) is 38.2 Å². The SMILES string of the molecule is COC(Cn1cncn1)(c1ccc(F)cc1F)C1(n2cnnn2)CC1. The van der Waals surface area contributed by atoms with Crippen LogP contribution >= 0.6 is 0 Å². The first-order valence-corrected chi connectivity index (χ1v) is 7.68. The summed E-state index contributed by atoms with van der Waals surface area (Å²) >= 11 is 0. The summed E-state index contributed by atoms with van der Waals surface area (Å²) in [5.74, 6) is -1.35. The number of tetrazole rings is 1. The van der Waals surface area contributed by atoms with Crippen molar-refractivity contribution < 1.29 is 13.5 Å². The lowest BCUT2D eigenvalue weighted by Crippen LogP contribution is -2.49. The predicted molar refractivity (Wildman–Crippen MR) is 80.1 cm³/mol. The van der Waals surface area contributed by atoms with E-state index >= 15 is 0 Å². The van der Waals surface area contributed by atoms with Gasteiger partial charge in [-0.05, 0) is 29.3 Å². The van der Waals surface area contributed by atoms with Gasteiger partial charge in [-0.1, -0.05) is 6.07 Å². The minimum atomic E-state index is -1.19. The van der Waals surface area contributed by atoms with E-state index < -0.39 is 22.8 Å². The first-order chi connectivity index (χ1) is 12.1.